The summed E-state index contributed by atoms with van der Waals surface area (Å²) in [4.78, 5) is 11.0. The van der Waals surface area contributed by atoms with Crippen molar-refractivity contribution in [2.45, 2.75) is 65.4 Å². The molecule has 44 heavy (non-hydrogen) atoms. The molecule has 4 rings (SSSR count). The topological polar surface area (TPSA) is 44.8 Å². The largest absolute Gasteiger partial charge is 0.494 e. The molecule has 0 N–H and O–H groups in total. The Morgan fingerprint density at radius 1 is 0.727 bits per heavy atom. The van der Waals surface area contributed by atoms with E-state index in [2.05, 4.69) is 84.9 Å². The zero-order valence-corrected chi connectivity index (χ0v) is 27.5. The molecule has 0 radical (unpaired) electrons. The molecule has 0 bridgehead atoms. The molecule has 0 saturated carbocycles. The standard InChI is InChI=1S/C39H43BrO4/c1-4-11-29-14-22-37(38(40)26-29)33-17-23-36(31(5-2)27-33)32-15-20-35(21-16-32)44-28-30-12-18-34(19-13-30)42-24-9-7-8-10-25-43-39(41)6-3/h6,12-23,26-27H,3-5,7-11,24-25,28H2,1-2H3. The number of unbranched alkanes of at least 4 members (excludes halogenated alkanes) is 3. The Hall–Kier alpha value is -3.83. The van der Waals surface area contributed by atoms with Crippen LogP contribution in [0.25, 0.3) is 22.3 Å². The first-order chi connectivity index (χ1) is 21.5. The number of hydrogen-bond acceptors (Lipinski definition) is 4. The molecule has 0 fully saturated rings. The second-order valence-electron chi connectivity index (χ2n) is 10.9. The van der Waals surface area contributed by atoms with E-state index in [9.17, 15) is 4.79 Å². The SMILES string of the molecule is C=CC(=O)OCCCCCCOc1ccc(COc2ccc(-c3ccc(-c4ccc(CCC)cc4Br)cc3CC)cc2)cc1. The average molecular weight is 656 g/mol. The number of halogens is 1. The summed E-state index contributed by atoms with van der Waals surface area (Å²) >= 11 is 3.80. The van der Waals surface area contributed by atoms with Gasteiger partial charge in [-0.3, -0.25) is 0 Å². The lowest BCUT2D eigenvalue weighted by Gasteiger charge is -2.14. The molecule has 0 amide bonds. The maximum atomic E-state index is 11.0. The fourth-order valence-electron chi connectivity index (χ4n) is 5.13. The molecule has 0 aliphatic carbocycles. The van der Waals surface area contributed by atoms with E-state index in [0.717, 1.165) is 66.5 Å². The fourth-order valence-corrected chi connectivity index (χ4v) is 5.79. The maximum absolute atomic E-state index is 11.0. The van der Waals surface area contributed by atoms with Crippen LogP contribution in [0.5, 0.6) is 11.5 Å². The van der Waals surface area contributed by atoms with Crippen molar-refractivity contribution in [2.24, 2.45) is 0 Å². The minimum atomic E-state index is -0.360. The van der Waals surface area contributed by atoms with E-state index in [0.29, 0.717) is 19.8 Å². The van der Waals surface area contributed by atoms with Gasteiger partial charge in [-0.1, -0.05) is 97.4 Å². The van der Waals surface area contributed by atoms with Crippen molar-refractivity contribution in [3.63, 3.8) is 0 Å². The van der Waals surface area contributed by atoms with Crippen LogP contribution in [-0.4, -0.2) is 19.2 Å². The number of aryl methyl sites for hydroxylation is 2. The Morgan fingerprint density at radius 3 is 2.05 bits per heavy atom. The van der Waals surface area contributed by atoms with Gasteiger partial charge in [0, 0.05) is 10.5 Å². The summed E-state index contributed by atoms with van der Waals surface area (Å²) in [5, 5.41) is 0. The van der Waals surface area contributed by atoms with Gasteiger partial charge in [-0.2, -0.15) is 0 Å². The summed E-state index contributed by atoms with van der Waals surface area (Å²) in [6, 6.07) is 30.0. The molecule has 4 aromatic carbocycles. The molecule has 0 saturated heterocycles. The van der Waals surface area contributed by atoms with Gasteiger partial charge >= 0.3 is 5.97 Å². The normalized spacial score (nSPS) is 10.8. The van der Waals surface area contributed by atoms with Crippen molar-refractivity contribution in [1.29, 1.82) is 0 Å². The Bertz CT molecular complexity index is 1490. The van der Waals surface area contributed by atoms with Crippen molar-refractivity contribution >= 4 is 21.9 Å². The second kappa shape index (κ2) is 17.5. The minimum Gasteiger partial charge on any atom is -0.494 e. The third-order valence-electron chi connectivity index (χ3n) is 7.58. The van der Waals surface area contributed by atoms with Gasteiger partial charge in [0.05, 0.1) is 13.2 Å². The maximum Gasteiger partial charge on any atom is 0.330 e. The molecule has 0 unspecified atom stereocenters. The van der Waals surface area contributed by atoms with Crippen LogP contribution in [0.1, 0.15) is 62.6 Å². The van der Waals surface area contributed by atoms with Gasteiger partial charge in [-0.25, -0.2) is 4.79 Å². The molecular weight excluding hydrogens is 612 g/mol. The molecule has 0 aliphatic rings. The summed E-state index contributed by atoms with van der Waals surface area (Å²) in [5.41, 5.74) is 8.69. The number of esters is 1. The van der Waals surface area contributed by atoms with Crippen LogP contribution in [0, 0.1) is 0 Å². The predicted octanol–water partition coefficient (Wildman–Crippen LogP) is 10.5. The van der Waals surface area contributed by atoms with Crippen LogP contribution in [-0.2, 0) is 29.0 Å². The molecule has 0 atom stereocenters. The van der Waals surface area contributed by atoms with Crippen LogP contribution in [0.3, 0.4) is 0 Å². The number of carbonyl (C=O) groups excluding carboxylic acids is 1. The van der Waals surface area contributed by atoms with E-state index >= 15 is 0 Å². The summed E-state index contributed by atoms with van der Waals surface area (Å²) in [7, 11) is 0. The molecule has 0 aliphatic heterocycles. The number of benzene rings is 4. The van der Waals surface area contributed by atoms with Gasteiger partial charge in [0.2, 0.25) is 0 Å². The van der Waals surface area contributed by atoms with Crippen LogP contribution in [0.4, 0.5) is 0 Å². The predicted molar refractivity (Wildman–Crippen MR) is 184 cm³/mol. The van der Waals surface area contributed by atoms with Crippen molar-refractivity contribution in [3.8, 4) is 33.8 Å². The molecule has 0 heterocycles. The minimum absolute atomic E-state index is 0.360. The molecule has 0 spiro atoms. The lowest BCUT2D eigenvalue weighted by atomic mass is 9.93. The quantitative estimate of drug-likeness (QED) is 0.0645. The monoisotopic (exact) mass is 654 g/mol. The fraction of sp³-hybridized carbons (Fsp3) is 0.308. The van der Waals surface area contributed by atoms with Crippen molar-refractivity contribution < 1.29 is 19.0 Å². The highest BCUT2D eigenvalue weighted by Crippen LogP contribution is 2.34. The Balaban J connectivity index is 1.25. The summed E-state index contributed by atoms with van der Waals surface area (Å²) < 4.78 is 18.1. The molecule has 4 aromatic rings. The zero-order valence-electron chi connectivity index (χ0n) is 25.9. The van der Waals surface area contributed by atoms with E-state index in [-0.39, 0.29) is 5.97 Å². The average Bonchev–Trinajstić information content (AvgIpc) is 3.05. The molecule has 5 heteroatoms. The third-order valence-corrected chi connectivity index (χ3v) is 8.24. The Labute approximate surface area is 271 Å². The highest BCUT2D eigenvalue weighted by molar-refractivity contribution is 9.10. The van der Waals surface area contributed by atoms with E-state index < -0.39 is 0 Å². The molecule has 230 valence electrons. The lowest BCUT2D eigenvalue weighted by molar-refractivity contribution is -0.137. The number of ether oxygens (including phenoxy) is 3. The van der Waals surface area contributed by atoms with E-state index in [4.69, 9.17) is 14.2 Å². The van der Waals surface area contributed by atoms with E-state index in [1.165, 1.54) is 39.5 Å². The first-order valence-corrected chi connectivity index (χ1v) is 16.5. The van der Waals surface area contributed by atoms with Gasteiger partial charge in [0.1, 0.15) is 18.1 Å². The summed E-state index contributed by atoms with van der Waals surface area (Å²) in [6.07, 6.45) is 8.26. The number of hydrogen-bond donors (Lipinski definition) is 0. The van der Waals surface area contributed by atoms with Crippen LogP contribution < -0.4 is 9.47 Å². The van der Waals surface area contributed by atoms with E-state index in [1.807, 2.05) is 36.4 Å². The number of carbonyl (C=O) groups is 1. The number of rotatable bonds is 17. The van der Waals surface area contributed by atoms with Crippen LogP contribution >= 0.6 is 15.9 Å². The van der Waals surface area contributed by atoms with E-state index in [1.54, 1.807) is 0 Å². The van der Waals surface area contributed by atoms with Gasteiger partial charge < -0.3 is 14.2 Å². The summed E-state index contributed by atoms with van der Waals surface area (Å²) in [6.45, 7) is 9.43. The van der Waals surface area contributed by atoms with Crippen molar-refractivity contribution in [1.82, 2.24) is 0 Å². The van der Waals surface area contributed by atoms with Gasteiger partial charge in [0.15, 0.2) is 0 Å². The highest BCUT2D eigenvalue weighted by Gasteiger charge is 2.10. The zero-order chi connectivity index (χ0) is 31.1. The Morgan fingerprint density at radius 2 is 1.36 bits per heavy atom. The first kappa shape index (κ1) is 33.1. The molecule has 0 aromatic heterocycles. The molecule has 4 nitrogen and oxygen atoms in total. The van der Waals surface area contributed by atoms with Crippen molar-refractivity contribution in [2.75, 3.05) is 13.2 Å². The summed E-state index contributed by atoms with van der Waals surface area (Å²) in [5.74, 6) is 1.34. The van der Waals surface area contributed by atoms with Crippen LogP contribution in [0.15, 0.2) is 102 Å². The smallest absolute Gasteiger partial charge is 0.330 e. The highest BCUT2D eigenvalue weighted by atomic mass is 79.9. The lowest BCUT2D eigenvalue weighted by Crippen LogP contribution is -2.02. The van der Waals surface area contributed by atoms with Crippen molar-refractivity contribution in [3.05, 3.63) is 119 Å². The van der Waals surface area contributed by atoms with Gasteiger partial charge in [-0.15, -0.1) is 0 Å². The first-order valence-electron chi connectivity index (χ1n) is 15.7. The second-order valence-corrected chi connectivity index (χ2v) is 11.7. The molecular formula is C39H43BrO4. The Kier molecular flexibility index (Phi) is 13.1. The van der Waals surface area contributed by atoms with Crippen LogP contribution in [0.2, 0.25) is 0 Å². The third kappa shape index (κ3) is 9.85. The van der Waals surface area contributed by atoms with Gasteiger partial charge in [-0.05, 0) is 108 Å². The van der Waals surface area contributed by atoms with Gasteiger partial charge in [0.25, 0.3) is 0 Å².